The molecule has 0 radical (unpaired) electrons. The van der Waals surface area contributed by atoms with Gasteiger partial charge in [-0.25, -0.2) is 0 Å². The first-order valence-electron chi connectivity index (χ1n) is 8.26. The molecule has 1 amide bonds. The van der Waals surface area contributed by atoms with E-state index in [1.807, 2.05) is 30.3 Å². The first-order chi connectivity index (χ1) is 12.2. The molecule has 0 spiro atoms. The Kier molecular flexibility index (Phi) is 7.24. The Morgan fingerprint density at radius 1 is 1.40 bits per heavy atom. The molecule has 0 aliphatic carbocycles. The molecule has 1 aromatic heterocycles. The average Bonchev–Trinajstić information content (AvgIpc) is 3.06. The average molecular weight is 357 g/mol. The number of hydrogen-bond donors (Lipinski definition) is 1. The summed E-state index contributed by atoms with van der Waals surface area (Å²) in [6.07, 6.45) is 8.18. The molecule has 1 N–H and O–H groups in total. The second-order valence-corrected chi connectivity index (χ2v) is 6.03. The SMILES string of the molecule is CCCCc1ccc(NC(=O)/C(C#N)=C\c2cnn(CCCl)c2)cc1. The van der Waals surface area contributed by atoms with Crippen molar-refractivity contribution in [3.8, 4) is 6.07 Å². The lowest BCUT2D eigenvalue weighted by molar-refractivity contribution is -0.112. The number of anilines is 1. The van der Waals surface area contributed by atoms with Gasteiger partial charge in [-0.1, -0.05) is 25.5 Å². The van der Waals surface area contributed by atoms with Gasteiger partial charge < -0.3 is 5.32 Å². The van der Waals surface area contributed by atoms with E-state index >= 15 is 0 Å². The summed E-state index contributed by atoms with van der Waals surface area (Å²) in [6, 6.07) is 9.65. The van der Waals surface area contributed by atoms with Crippen LogP contribution in [0, 0.1) is 11.3 Å². The highest BCUT2D eigenvalue weighted by atomic mass is 35.5. The number of benzene rings is 1. The van der Waals surface area contributed by atoms with Gasteiger partial charge in [-0.15, -0.1) is 11.6 Å². The van der Waals surface area contributed by atoms with Crippen molar-refractivity contribution in [1.29, 1.82) is 5.26 Å². The molecule has 0 saturated heterocycles. The minimum absolute atomic E-state index is 0.0282. The first kappa shape index (κ1) is 18.8. The van der Waals surface area contributed by atoms with Crippen LogP contribution >= 0.6 is 11.6 Å². The number of hydrogen-bond acceptors (Lipinski definition) is 3. The summed E-state index contributed by atoms with van der Waals surface area (Å²) < 4.78 is 1.67. The molecule has 1 aromatic carbocycles. The number of nitrogens with zero attached hydrogens (tertiary/aromatic N) is 3. The zero-order chi connectivity index (χ0) is 18.1. The van der Waals surface area contributed by atoms with Crippen molar-refractivity contribution in [2.45, 2.75) is 32.7 Å². The van der Waals surface area contributed by atoms with Crippen LogP contribution in [0.15, 0.2) is 42.2 Å². The van der Waals surface area contributed by atoms with E-state index in [1.54, 1.807) is 17.1 Å². The fraction of sp³-hybridized carbons (Fsp3) is 0.316. The zero-order valence-electron chi connectivity index (χ0n) is 14.2. The number of aromatic nitrogens is 2. The number of carbonyl (C=O) groups excluding carboxylic acids is 1. The summed E-state index contributed by atoms with van der Waals surface area (Å²) in [5.74, 6) is 0.0129. The van der Waals surface area contributed by atoms with E-state index in [1.165, 1.54) is 11.6 Å². The second kappa shape index (κ2) is 9.65. The van der Waals surface area contributed by atoms with Gasteiger partial charge in [0.2, 0.25) is 0 Å². The van der Waals surface area contributed by atoms with E-state index in [0.717, 1.165) is 19.3 Å². The third-order valence-electron chi connectivity index (χ3n) is 3.67. The molecule has 0 atom stereocenters. The Hall–Kier alpha value is -2.58. The highest BCUT2D eigenvalue weighted by Crippen LogP contribution is 2.14. The number of aryl methyl sites for hydroxylation is 2. The van der Waals surface area contributed by atoms with Gasteiger partial charge in [0.05, 0.1) is 12.7 Å². The maximum Gasteiger partial charge on any atom is 0.266 e. The summed E-state index contributed by atoms with van der Waals surface area (Å²) in [5, 5.41) is 16.1. The summed E-state index contributed by atoms with van der Waals surface area (Å²) in [6.45, 7) is 2.73. The Morgan fingerprint density at radius 3 is 2.80 bits per heavy atom. The van der Waals surface area contributed by atoms with Crippen LogP contribution in [0.25, 0.3) is 6.08 Å². The number of alkyl halides is 1. The van der Waals surface area contributed by atoms with Crippen LogP contribution in [-0.4, -0.2) is 21.6 Å². The van der Waals surface area contributed by atoms with E-state index in [9.17, 15) is 10.1 Å². The number of amides is 1. The van der Waals surface area contributed by atoms with Gasteiger partial charge in [0, 0.05) is 23.3 Å². The number of rotatable bonds is 8. The molecule has 0 aliphatic heterocycles. The van der Waals surface area contributed by atoms with Gasteiger partial charge in [-0.2, -0.15) is 10.4 Å². The predicted molar refractivity (Wildman–Crippen MR) is 100 cm³/mol. The van der Waals surface area contributed by atoms with E-state index in [4.69, 9.17) is 11.6 Å². The number of nitrogens with one attached hydrogen (secondary N) is 1. The molecule has 5 nitrogen and oxygen atoms in total. The van der Waals surface area contributed by atoms with Crippen molar-refractivity contribution in [3.05, 3.63) is 53.4 Å². The number of unbranched alkanes of at least 4 members (excludes halogenated alkanes) is 1. The number of nitriles is 1. The van der Waals surface area contributed by atoms with Crippen molar-refractivity contribution in [3.63, 3.8) is 0 Å². The molecular formula is C19H21ClN4O. The molecular weight excluding hydrogens is 336 g/mol. The van der Waals surface area contributed by atoms with Crippen molar-refractivity contribution in [1.82, 2.24) is 9.78 Å². The maximum absolute atomic E-state index is 12.3. The molecule has 2 rings (SSSR count). The van der Waals surface area contributed by atoms with Crippen molar-refractivity contribution in [2.24, 2.45) is 0 Å². The lowest BCUT2D eigenvalue weighted by atomic mass is 10.1. The number of halogens is 1. The minimum atomic E-state index is -0.436. The van der Waals surface area contributed by atoms with Crippen LogP contribution < -0.4 is 5.32 Å². The van der Waals surface area contributed by atoms with Crippen molar-refractivity contribution < 1.29 is 4.79 Å². The third kappa shape index (κ3) is 5.77. The van der Waals surface area contributed by atoms with Crippen LogP contribution in [-0.2, 0) is 17.8 Å². The topological polar surface area (TPSA) is 70.7 Å². The molecule has 0 bridgehead atoms. The molecule has 130 valence electrons. The Bertz CT molecular complexity index is 771. The molecule has 0 fully saturated rings. The van der Waals surface area contributed by atoms with Crippen LogP contribution in [0.2, 0.25) is 0 Å². The second-order valence-electron chi connectivity index (χ2n) is 5.65. The van der Waals surface area contributed by atoms with Crippen LogP contribution in [0.3, 0.4) is 0 Å². The fourth-order valence-corrected chi connectivity index (χ4v) is 2.49. The lowest BCUT2D eigenvalue weighted by Gasteiger charge is -2.06. The van der Waals surface area contributed by atoms with Gasteiger partial charge in [0.15, 0.2) is 0 Å². The maximum atomic E-state index is 12.3. The highest BCUT2D eigenvalue weighted by Gasteiger charge is 2.10. The summed E-state index contributed by atoms with van der Waals surface area (Å²) in [7, 11) is 0. The Balaban J connectivity index is 2.03. The molecule has 0 aliphatic rings. The quantitative estimate of drug-likeness (QED) is 0.441. The van der Waals surface area contributed by atoms with Gasteiger partial charge in [0.25, 0.3) is 5.91 Å². The first-order valence-corrected chi connectivity index (χ1v) is 8.80. The van der Waals surface area contributed by atoms with E-state index < -0.39 is 5.91 Å². The summed E-state index contributed by atoms with van der Waals surface area (Å²) >= 11 is 5.67. The van der Waals surface area contributed by atoms with Gasteiger partial charge in [0.1, 0.15) is 11.6 Å². The van der Waals surface area contributed by atoms with Crippen molar-refractivity contribution in [2.75, 3.05) is 11.2 Å². The largest absolute Gasteiger partial charge is 0.321 e. The highest BCUT2D eigenvalue weighted by molar-refractivity contribution is 6.17. The fourth-order valence-electron chi connectivity index (χ4n) is 2.31. The Morgan fingerprint density at radius 2 is 2.16 bits per heavy atom. The van der Waals surface area contributed by atoms with Crippen LogP contribution in [0.1, 0.15) is 30.9 Å². The zero-order valence-corrected chi connectivity index (χ0v) is 15.0. The monoisotopic (exact) mass is 356 g/mol. The molecule has 25 heavy (non-hydrogen) atoms. The summed E-state index contributed by atoms with van der Waals surface area (Å²) in [5.41, 5.74) is 2.62. The molecule has 1 heterocycles. The lowest BCUT2D eigenvalue weighted by Crippen LogP contribution is -2.13. The van der Waals surface area contributed by atoms with Gasteiger partial charge >= 0.3 is 0 Å². The molecule has 0 saturated carbocycles. The van der Waals surface area contributed by atoms with E-state index in [-0.39, 0.29) is 5.57 Å². The van der Waals surface area contributed by atoms with E-state index in [2.05, 4.69) is 17.3 Å². The van der Waals surface area contributed by atoms with Crippen LogP contribution in [0.5, 0.6) is 0 Å². The van der Waals surface area contributed by atoms with Gasteiger partial charge in [-0.05, 0) is 36.6 Å². The molecule has 0 unspecified atom stereocenters. The van der Waals surface area contributed by atoms with Gasteiger partial charge in [-0.3, -0.25) is 9.48 Å². The molecule has 2 aromatic rings. The predicted octanol–water partition coefficient (Wildman–Crippen LogP) is 4.01. The standard InChI is InChI=1S/C19H21ClN4O/c1-2-3-4-15-5-7-18(8-6-15)23-19(25)17(12-21)11-16-13-22-24(14-16)10-9-20/h5-8,11,13-14H,2-4,9-10H2,1H3,(H,23,25)/b17-11-. The molecule has 6 heteroatoms. The smallest absolute Gasteiger partial charge is 0.266 e. The summed E-state index contributed by atoms with van der Waals surface area (Å²) in [4.78, 5) is 12.3. The normalized spacial score (nSPS) is 11.2. The van der Waals surface area contributed by atoms with Crippen LogP contribution in [0.4, 0.5) is 5.69 Å². The van der Waals surface area contributed by atoms with Crippen molar-refractivity contribution >= 4 is 29.3 Å². The number of carbonyl (C=O) groups is 1. The third-order valence-corrected chi connectivity index (χ3v) is 3.84. The van der Waals surface area contributed by atoms with E-state index in [0.29, 0.717) is 23.7 Å². The minimum Gasteiger partial charge on any atom is -0.321 e. The Labute approximate surface area is 152 Å².